The van der Waals surface area contributed by atoms with Gasteiger partial charge in [-0.3, -0.25) is 14.3 Å². The molecule has 0 spiro atoms. The van der Waals surface area contributed by atoms with Crippen molar-refractivity contribution in [3.63, 3.8) is 0 Å². The summed E-state index contributed by atoms with van der Waals surface area (Å²) in [5, 5.41) is 120. The molecule has 21 nitrogen and oxygen atoms in total. The van der Waals surface area contributed by atoms with Crippen molar-refractivity contribution in [1.29, 1.82) is 0 Å². The van der Waals surface area contributed by atoms with Gasteiger partial charge < -0.3 is 77.7 Å². The average Bonchev–Trinajstić information content (AvgIpc) is 1.80. The fraction of sp³-hybridized carbons (Fsp3) is 0.623. The highest BCUT2D eigenvalue weighted by Crippen LogP contribution is 2.33. The summed E-state index contributed by atoms with van der Waals surface area (Å²) in [4.78, 5) is 15.1. The van der Waals surface area contributed by atoms with Gasteiger partial charge in [-0.05, 0) is 102 Å². The Bertz CT molecular complexity index is 2530. The molecule has 0 radical (unpaired) electrons. The molecule has 1 saturated heterocycles. The summed E-state index contributed by atoms with van der Waals surface area (Å²) in [7, 11) is -4.86. The van der Waals surface area contributed by atoms with Crippen LogP contribution in [0.5, 0.6) is 0 Å². The van der Waals surface area contributed by atoms with Crippen molar-refractivity contribution in [3.05, 3.63) is 145 Å². The predicted octanol–water partition coefficient (Wildman–Crippen LogP) is 6.11. The van der Waals surface area contributed by atoms with Crippen LogP contribution < -0.4 is 16.8 Å². The summed E-state index contributed by atoms with van der Waals surface area (Å²) >= 11 is 0. The second-order valence-electron chi connectivity index (χ2n) is 24.4. The molecule has 1 aliphatic heterocycles. The summed E-state index contributed by atoms with van der Waals surface area (Å²) < 4.78 is 44.7. The van der Waals surface area contributed by atoms with Crippen LogP contribution >= 0.6 is 0 Å². The van der Waals surface area contributed by atoms with E-state index in [1.54, 1.807) is 87.6 Å². The van der Waals surface area contributed by atoms with Gasteiger partial charge in [0.1, 0.15) is 6.10 Å². The van der Waals surface area contributed by atoms with Gasteiger partial charge in [0.2, 0.25) is 0 Å². The van der Waals surface area contributed by atoms with Crippen molar-refractivity contribution >= 4 is 22.1 Å². The zero-order valence-electron chi connectivity index (χ0n) is 54.1. The van der Waals surface area contributed by atoms with Gasteiger partial charge in [-0.25, -0.2) is 4.18 Å². The van der Waals surface area contributed by atoms with Crippen molar-refractivity contribution in [2.75, 3.05) is 6.54 Å². The number of allylic oxidation sites excluding steroid dienone is 17. The Morgan fingerprint density at radius 3 is 1.74 bits per heavy atom. The molecule has 1 aliphatic carbocycles. The molecule has 516 valence electrons. The van der Waals surface area contributed by atoms with Crippen molar-refractivity contribution in [1.82, 2.24) is 5.32 Å². The minimum atomic E-state index is -4.86. The number of nitrogens with zero attached hydrogens (tertiary/aromatic N) is 1. The van der Waals surface area contributed by atoms with Crippen molar-refractivity contribution < 1.29 is 82.9 Å². The third kappa shape index (κ3) is 40.8. The van der Waals surface area contributed by atoms with Gasteiger partial charge in [-0.1, -0.05) is 173 Å². The summed E-state index contributed by atoms with van der Waals surface area (Å²) in [5.74, 6) is -1.06. The van der Waals surface area contributed by atoms with E-state index in [-0.39, 0.29) is 87.9 Å². The Hall–Kier alpha value is -4.83. The molecular weight excluding hydrogens is 1190 g/mol. The van der Waals surface area contributed by atoms with Gasteiger partial charge in [-0.2, -0.15) is 8.42 Å². The number of ketones is 1. The largest absolute Gasteiger partial charge is 0.397 e. The molecule has 0 aromatic heterocycles. The normalized spacial score (nSPS) is 22.1. The van der Waals surface area contributed by atoms with Crippen LogP contribution in [-0.2, 0) is 24.1 Å². The van der Waals surface area contributed by atoms with E-state index in [0.717, 1.165) is 38.5 Å². The Kier molecular flexibility index (Phi) is 42.6. The molecule has 18 atom stereocenters. The number of Topliss-reactive ketones (excluding diaryl/α,β-unsaturated/α-hetero) is 1. The number of nitrogens with two attached hydrogens (primary N) is 2. The van der Waals surface area contributed by atoms with Gasteiger partial charge in [-0.15, -0.1) is 0 Å². The fourth-order valence-electron chi connectivity index (χ4n) is 10.5. The molecule has 17 N–H and O–H groups in total. The predicted molar refractivity (Wildman–Crippen MR) is 358 cm³/mol. The van der Waals surface area contributed by atoms with Gasteiger partial charge in [0.15, 0.2) is 11.7 Å². The summed E-state index contributed by atoms with van der Waals surface area (Å²) in [6, 6.07) is -0.354. The van der Waals surface area contributed by atoms with Crippen molar-refractivity contribution in [2.45, 2.75) is 248 Å². The molecular formula is C69H112N4O17S. The maximum absolute atomic E-state index is 12.1. The lowest BCUT2D eigenvalue weighted by Crippen LogP contribution is -2.47. The number of aliphatic hydroxyl groups excluding tert-OH is 11. The first-order chi connectivity index (χ1) is 43.1. The number of carbonyl (C=O) groups is 1. The van der Waals surface area contributed by atoms with E-state index in [2.05, 4.69) is 10.3 Å². The molecule has 0 aromatic carbocycles. The van der Waals surface area contributed by atoms with Crippen LogP contribution in [0.4, 0.5) is 0 Å². The first kappa shape index (κ1) is 82.3. The molecule has 0 bridgehead atoms. The highest BCUT2D eigenvalue weighted by atomic mass is 32.3. The lowest BCUT2D eigenvalue weighted by molar-refractivity contribution is -0.113. The van der Waals surface area contributed by atoms with E-state index < -0.39 is 114 Å². The number of hydrogen-bond acceptors (Lipinski definition) is 18. The van der Waals surface area contributed by atoms with E-state index in [1.807, 2.05) is 61.6 Å². The average molecular weight is 1300 g/mol. The van der Waals surface area contributed by atoms with E-state index in [9.17, 15) is 73.9 Å². The summed E-state index contributed by atoms with van der Waals surface area (Å²) in [6.45, 7) is 9.19. The lowest BCUT2D eigenvalue weighted by atomic mass is 9.88. The highest BCUT2D eigenvalue weighted by molar-refractivity contribution is 7.80. The van der Waals surface area contributed by atoms with Crippen LogP contribution in [0, 0.1) is 17.8 Å². The lowest BCUT2D eigenvalue weighted by Gasteiger charge is -2.34. The van der Waals surface area contributed by atoms with E-state index in [4.69, 9.17) is 20.4 Å². The summed E-state index contributed by atoms with van der Waals surface area (Å²) in [6.07, 6.45) is 34.9. The second kappa shape index (κ2) is 47.1. The van der Waals surface area contributed by atoms with Crippen LogP contribution in [0.3, 0.4) is 0 Å². The van der Waals surface area contributed by atoms with E-state index in [0.29, 0.717) is 25.0 Å². The SMILES string of the molecule is CC(=O)/C(C)=C/C=C/C=C/CC/C=C/C(C)C(O)C(C)C(O)/C=C/C=C/C=C/C=C/C=C/C=C/CC(OS(=O)(=O)O)C(C)C(CC(O)CC(O)/C=C/CC(O)CC(O)CC(O)C1OC1CC(O)CC(O)/C=C/CC(O)CC(O)CCCN=C(N)N)NC1CCCC1. The monoisotopic (exact) mass is 1300 g/mol. The van der Waals surface area contributed by atoms with E-state index >= 15 is 0 Å². The van der Waals surface area contributed by atoms with Gasteiger partial charge in [0.25, 0.3) is 0 Å². The van der Waals surface area contributed by atoms with Crippen LogP contribution in [0.2, 0.25) is 0 Å². The topological polar surface area (TPSA) is 392 Å². The van der Waals surface area contributed by atoms with Crippen LogP contribution in [0.15, 0.2) is 150 Å². The molecule has 2 fully saturated rings. The first-order valence-corrected chi connectivity index (χ1v) is 33.6. The van der Waals surface area contributed by atoms with Crippen molar-refractivity contribution in [2.24, 2.45) is 34.2 Å². The maximum Gasteiger partial charge on any atom is 0.397 e. The first-order valence-electron chi connectivity index (χ1n) is 32.3. The molecule has 91 heavy (non-hydrogen) atoms. The summed E-state index contributed by atoms with van der Waals surface area (Å²) in [5.41, 5.74) is 11.3. The number of rotatable bonds is 49. The standard InChI is InChI=1S/C69H112N4O17S/c1-48(52(5)74)29-20-16-12-11-13-17-21-30-49(2)67(85)51(4)63(83)38-22-18-14-9-7-6-8-10-15-19-23-39-65(90-91(86,87)88)50(3)62(73-53-31-24-25-32-53)45-59(80)42-55(76)34-27-35-56(77)43-60(81)46-64(84)68-66(89-68)47-61(82)44-57(78)36-26-33-54(75)41-58(79)37-28-40-72-69(70)71/h6-12,14-16,18-23,26-27,29-30,34,36,38,49-51,53-68,73,75-85H,13,17,24-25,28,31-33,35,37,39-47H2,1-5H3,(H4,70,71,72)(H,86,87,88)/b8-6+,9-7+,12-11+,15-10+,18-14+,20-16+,23-19+,30-21+,34-27+,36-26+,38-22+,48-29+. The number of epoxide rings is 1. The Balaban J connectivity index is 1.81. The smallest absolute Gasteiger partial charge is 0.393 e. The second-order valence-corrected chi connectivity index (χ2v) is 25.4. The number of nitrogens with one attached hydrogen (secondary N) is 1. The molecule has 1 saturated carbocycles. The molecule has 1 heterocycles. The molecule has 2 aliphatic rings. The molecule has 0 aromatic rings. The minimum absolute atomic E-state index is 0.0148. The quantitative estimate of drug-likeness (QED) is 0.00477. The number of aliphatic imine (C=N–C) groups is 1. The zero-order valence-corrected chi connectivity index (χ0v) is 54.9. The highest BCUT2D eigenvalue weighted by Gasteiger charge is 2.45. The molecule has 0 amide bonds. The van der Waals surface area contributed by atoms with Gasteiger partial charge in [0.05, 0.1) is 79.4 Å². The van der Waals surface area contributed by atoms with Crippen molar-refractivity contribution in [3.8, 4) is 0 Å². The molecule has 18 unspecified atom stereocenters. The number of carbonyl (C=O) groups excluding carboxylic acids is 1. The number of ether oxygens (including phenoxy) is 1. The third-order valence-corrected chi connectivity index (χ3v) is 16.6. The number of unbranched alkanes of at least 4 members (excludes halogenated alkanes) is 1. The third-order valence-electron chi connectivity index (χ3n) is 16.1. The Morgan fingerprint density at radius 2 is 1.14 bits per heavy atom. The minimum Gasteiger partial charge on any atom is -0.393 e. The van der Waals surface area contributed by atoms with Crippen LogP contribution in [-0.4, -0.2) is 185 Å². The Morgan fingerprint density at radius 1 is 0.604 bits per heavy atom. The number of guanidine groups is 1. The molecule has 2 rings (SSSR count). The number of hydrogen-bond donors (Lipinski definition) is 15. The van der Waals surface area contributed by atoms with Gasteiger partial charge in [0, 0.05) is 56.1 Å². The van der Waals surface area contributed by atoms with E-state index in [1.165, 1.54) is 25.2 Å². The number of aliphatic hydroxyl groups is 11. The zero-order chi connectivity index (χ0) is 67.7. The maximum atomic E-state index is 12.1. The van der Waals surface area contributed by atoms with Crippen LogP contribution in [0.25, 0.3) is 0 Å². The Labute approximate surface area is 541 Å². The molecule has 22 heteroatoms. The van der Waals surface area contributed by atoms with Crippen LogP contribution in [0.1, 0.15) is 150 Å². The fourth-order valence-corrected chi connectivity index (χ4v) is 11.1. The van der Waals surface area contributed by atoms with Gasteiger partial charge >= 0.3 is 10.4 Å².